The summed E-state index contributed by atoms with van der Waals surface area (Å²) in [6.07, 6.45) is 57.1. The highest BCUT2D eigenvalue weighted by molar-refractivity contribution is 5.51. The van der Waals surface area contributed by atoms with Crippen LogP contribution in [0.4, 0.5) is 0 Å². The zero-order chi connectivity index (χ0) is 68.5. The van der Waals surface area contributed by atoms with Crippen molar-refractivity contribution >= 4 is 0 Å². The van der Waals surface area contributed by atoms with E-state index in [1.165, 1.54) is 259 Å². The summed E-state index contributed by atoms with van der Waals surface area (Å²) in [5.74, 6) is 3.54. The van der Waals surface area contributed by atoms with Gasteiger partial charge in [0.15, 0.2) is 0 Å². The second-order valence-corrected chi connectivity index (χ2v) is 31.2. The number of hydrogen-bond donors (Lipinski definition) is 1. The molecule has 1 N–H and O–H groups in total. The van der Waals surface area contributed by atoms with Crippen LogP contribution < -0.4 is 14.2 Å². The molecule has 0 aliphatic carbocycles. The van der Waals surface area contributed by atoms with Crippen molar-refractivity contribution in [3.8, 4) is 23.0 Å². The fraction of sp³-hybridized carbons (Fsp3) is 0.733. The Bertz CT molecular complexity index is 2630. The molecule has 0 atom stereocenters. The number of benzene rings is 4. The van der Waals surface area contributed by atoms with E-state index in [1.54, 1.807) is 33.4 Å². The molecule has 0 aliphatic rings. The predicted octanol–water partition coefficient (Wildman–Crippen LogP) is 27.7. The van der Waals surface area contributed by atoms with Gasteiger partial charge >= 0.3 is 0 Å². The second kappa shape index (κ2) is 47.1. The Kier molecular flexibility index (Phi) is 41.4. The van der Waals surface area contributed by atoms with Gasteiger partial charge in [0.05, 0.1) is 0 Å². The van der Waals surface area contributed by atoms with Crippen molar-refractivity contribution in [3.05, 3.63) is 115 Å². The first-order valence-electron chi connectivity index (χ1n) is 40.8. The first-order chi connectivity index (χ1) is 45.5. The van der Waals surface area contributed by atoms with E-state index < -0.39 is 16.8 Å². The van der Waals surface area contributed by atoms with Crippen LogP contribution in [0.25, 0.3) is 0 Å². The van der Waals surface area contributed by atoms with Gasteiger partial charge < -0.3 is 19.3 Å². The number of aromatic hydroxyl groups is 1. The molecule has 0 spiro atoms. The van der Waals surface area contributed by atoms with Crippen LogP contribution in [0, 0.1) is 0 Å². The van der Waals surface area contributed by atoms with Gasteiger partial charge in [-0.15, -0.1) is 0 Å². The highest BCUT2D eigenvalue weighted by Gasteiger charge is 2.34. The van der Waals surface area contributed by atoms with Crippen LogP contribution >= 0.6 is 0 Å². The highest BCUT2D eigenvalue weighted by Crippen LogP contribution is 2.41. The zero-order valence-electron chi connectivity index (χ0n) is 64.7. The van der Waals surface area contributed by atoms with Gasteiger partial charge in [-0.25, -0.2) is 0 Å². The molecule has 0 amide bonds. The number of aryl methyl sites for hydroxylation is 3. The third kappa shape index (κ3) is 30.5. The highest BCUT2D eigenvalue weighted by atomic mass is 16.5. The van der Waals surface area contributed by atoms with E-state index in [0.29, 0.717) is 25.0 Å². The maximum absolute atomic E-state index is 12.7. The van der Waals surface area contributed by atoms with Gasteiger partial charge in [-0.1, -0.05) is 260 Å². The maximum atomic E-state index is 12.7. The molecule has 94 heavy (non-hydrogen) atoms. The summed E-state index contributed by atoms with van der Waals surface area (Å²) < 4.78 is 22.9. The Balaban J connectivity index is 1.97. The van der Waals surface area contributed by atoms with E-state index >= 15 is 0 Å². The van der Waals surface area contributed by atoms with Gasteiger partial charge in [-0.3, -0.25) is 0 Å². The van der Waals surface area contributed by atoms with E-state index in [9.17, 15) is 5.11 Å². The third-order valence-corrected chi connectivity index (χ3v) is 20.5. The minimum atomic E-state index is -0.647. The van der Waals surface area contributed by atoms with Crippen molar-refractivity contribution in [3.63, 3.8) is 0 Å². The lowest BCUT2D eigenvalue weighted by Crippen LogP contribution is -2.36. The lowest BCUT2D eigenvalue weighted by atomic mass is 9.82. The predicted molar refractivity (Wildman–Crippen MR) is 413 cm³/mol. The van der Waals surface area contributed by atoms with Crippen LogP contribution in [-0.2, 0) is 77.0 Å². The molecule has 4 aromatic carbocycles. The van der Waals surface area contributed by atoms with Crippen LogP contribution in [0.5, 0.6) is 23.0 Å². The number of rotatable bonds is 57. The third-order valence-electron chi connectivity index (χ3n) is 20.5. The summed E-state index contributed by atoms with van der Waals surface area (Å²) in [6, 6.07) is 18.6. The number of phenols is 1. The van der Waals surface area contributed by atoms with E-state index in [2.05, 4.69) is 146 Å². The van der Waals surface area contributed by atoms with Crippen molar-refractivity contribution in [1.29, 1.82) is 0 Å². The maximum Gasteiger partial charge on any atom is 0.123 e. The second-order valence-electron chi connectivity index (χ2n) is 31.2. The molecule has 4 nitrogen and oxygen atoms in total. The summed E-state index contributed by atoms with van der Waals surface area (Å²) in [4.78, 5) is 0. The quantitative estimate of drug-likeness (QED) is 0.0448. The van der Waals surface area contributed by atoms with Crippen molar-refractivity contribution in [2.75, 3.05) is 0 Å². The molecule has 4 heteroatoms. The SMILES string of the molecule is CCCCCCc1ccc(OC(C)(C)Cc2ccc(O)c(CC(C)(C)Oc3ccc(CCCCCC)c(CCCCCC)c3CCCCCC)c2CC(C)(C)Oc2ccc(CCCCCC)c(CCCCCC)c2CCCCCC)c(CCCCCC)c1CCCCCC. The monoisotopic (exact) mass is 1300 g/mol. The smallest absolute Gasteiger partial charge is 0.123 e. The van der Waals surface area contributed by atoms with Gasteiger partial charge in [-0.2, -0.15) is 0 Å². The summed E-state index contributed by atoms with van der Waals surface area (Å²) in [6.45, 7) is 34.8. The zero-order valence-corrected chi connectivity index (χ0v) is 64.7. The molecular formula is C90H150O4. The van der Waals surface area contributed by atoms with Crippen LogP contribution in [0.2, 0.25) is 0 Å². The van der Waals surface area contributed by atoms with Gasteiger partial charge in [-0.05, 0) is 243 Å². The Hall–Kier alpha value is -3.92. The number of hydrogen-bond acceptors (Lipinski definition) is 4. The summed E-state index contributed by atoms with van der Waals surface area (Å²) in [5.41, 5.74) is 15.3. The standard InChI is InChI=1S/C90H150O4/c1-16-25-34-43-52-72-62-66-85(79(58-49-40-31-22-7)76(72)55-46-37-28-19-4)92-88(10,11)69-75-61-65-84(91)83(71-90(14,15)94-87-68-64-74(54-45-36-27-18-3)78(57-48-39-30-21-6)81(87)60-51-42-33-24-9)82(75)70-89(12,13)93-86-67-63-73(53-44-35-26-17-2)77(56-47-38-29-20-5)80(86)59-50-41-32-23-8/h61-68,91H,16-60,69-71H2,1-15H3. The fourth-order valence-electron chi connectivity index (χ4n) is 15.1. The lowest BCUT2D eigenvalue weighted by molar-refractivity contribution is 0.0976. The first kappa shape index (κ1) is 82.5. The molecule has 0 saturated carbocycles. The fourth-order valence-corrected chi connectivity index (χ4v) is 15.1. The Morgan fingerprint density at radius 3 is 0.713 bits per heavy atom. The molecule has 0 unspecified atom stereocenters. The van der Waals surface area contributed by atoms with E-state index in [4.69, 9.17) is 14.2 Å². The summed E-state index contributed by atoms with van der Waals surface area (Å²) in [5, 5.41) is 12.7. The molecule has 0 saturated heterocycles. The van der Waals surface area contributed by atoms with Crippen LogP contribution in [0.3, 0.4) is 0 Å². The molecule has 0 aromatic heterocycles. The molecule has 0 fully saturated rings. The number of ether oxygens (including phenoxy) is 3. The average molecular weight is 1300 g/mol. The molecule has 0 aliphatic heterocycles. The van der Waals surface area contributed by atoms with Gasteiger partial charge in [0.25, 0.3) is 0 Å². The molecular weight excluding hydrogens is 1140 g/mol. The van der Waals surface area contributed by atoms with Crippen molar-refractivity contribution in [1.82, 2.24) is 0 Å². The Morgan fingerprint density at radius 2 is 0.447 bits per heavy atom. The van der Waals surface area contributed by atoms with Gasteiger partial charge in [0.2, 0.25) is 0 Å². The Labute approximate surface area is 583 Å². The topological polar surface area (TPSA) is 47.9 Å². The molecule has 0 radical (unpaired) electrons. The molecule has 0 bridgehead atoms. The van der Waals surface area contributed by atoms with E-state index in [0.717, 1.165) is 80.6 Å². The summed E-state index contributed by atoms with van der Waals surface area (Å²) in [7, 11) is 0. The molecule has 4 aromatic rings. The van der Waals surface area contributed by atoms with Gasteiger partial charge in [0, 0.05) is 24.8 Å². The molecule has 534 valence electrons. The minimum absolute atomic E-state index is 0.346. The summed E-state index contributed by atoms with van der Waals surface area (Å²) >= 11 is 0. The first-order valence-corrected chi connectivity index (χ1v) is 40.8. The largest absolute Gasteiger partial charge is 0.508 e. The Morgan fingerprint density at radius 1 is 0.223 bits per heavy atom. The van der Waals surface area contributed by atoms with E-state index in [1.807, 2.05) is 6.07 Å². The van der Waals surface area contributed by atoms with E-state index in [-0.39, 0.29) is 0 Å². The van der Waals surface area contributed by atoms with Crippen molar-refractivity contribution < 1.29 is 19.3 Å². The average Bonchev–Trinajstić information content (AvgIpc) is 0.805. The molecule has 0 heterocycles. The molecule has 4 rings (SSSR count). The normalized spacial score (nSPS) is 12.2. The number of phenolic OH excluding ortho intramolecular Hbond substituents is 1. The van der Waals surface area contributed by atoms with Gasteiger partial charge in [0.1, 0.15) is 39.8 Å². The van der Waals surface area contributed by atoms with Crippen LogP contribution in [-0.4, -0.2) is 21.9 Å². The minimum Gasteiger partial charge on any atom is -0.508 e. The van der Waals surface area contributed by atoms with Crippen LogP contribution in [0.15, 0.2) is 48.5 Å². The number of unbranched alkanes of at least 4 members (excludes halogenated alkanes) is 27. The van der Waals surface area contributed by atoms with Crippen molar-refractivity contribution in [2.24, 2.45) is 0 Å². The van der Waals surface area contributed by atoms with Crippen LogP contribution in [0.1, 0.15) is 402 Å². The van der Waals surface area contributed by atoms with Crippen molar-refractivity contribution in [2.45, 2.75) is 429 Å². The lowest BCUT2D eigenvalue weighted by Gasteiger charge is -2.35.